The molecule has 1 fully saturated rings. The molecule has 20 heavy (non-hydrogen) atoms. The van der Waals surface area contributed by atoms with Crippen LogP contribution in [0, 0.1) is 11.3 Å². The molecule has 5 heteroatoms. The van der Waals surface area contributed by atoms with E-state index in [4.69, 9.17) is 5.84 Å². The molecule has 0 aliphatic carbocycles. The van der Waals surface area contributed by atoms with E-state index in [1.165, 1.54) is 0 Å². The number of carbonyl (C=O) groups is 1. The van der Waals surface area contributed by atoms with Crippen LogP contribution in [-0.4, -0.2) is 28.9 Å². The molecule has 1 saturated heterocycles. The molecule has 0 bridgehead atoms. The number of pyridine rings is 1. The molecule has 1 aromatic rings. The van der Waals surface area contributed by atoms with Crippen LogP contribution in [0.25, 0.3) is 0 Å². The van der Waals surface area contributed by atoms with Crippen LogP contribution in [0.4, 0.5) is 5.82 Å². The summed E-state index contributed by atoms with van der Waals surface area (Å²) in [6, 6.07) is 3.43. The first kappa shape index (κ1) is 14.8. The Bertz CT molecular complexity index is 473. The Balaban J connectivity index is 2.01. The second-order valence-corrected chi connectivity index (χ2v) is 6.51. The molecule has 1 amide bonds. The summed E-state index contributed by atoms with van der Waals surface area (Å²) < 4.78 is 0. The molecule has 0 spiro atoms. The Morgan fingerprint density at radius 1 is 1.40 bits per heavy atom. The van der Waals surface area contributed by atoms with Gasteiger partial charge in [-0.2, -0.15) is 0 Å². The average molecular weight is 276 g/mol. The van der Waals surface area contributed by atoms with Gasteiger partial charge in [0.25, 0.3) is 5.91 Å². The predicted molar refractivity (Wildman–Crippen MR) is 80.1 cm³/mol. The SMILES string of the molecule is CC(C)(C)C1CCN(C(=O)c2ccnc(NN)c2)CC1. The Labute approximate surface area is 120 Å². The lowest BCUT2D eigenvalue weighted by Gasteiger charge is -2.38. The van der Waals surface area contributed by atoms with Crippen molar-refractivity contribution in [1.29, 1.82) is 0 Å². The second-order valence-electron chi connectivity index (χ2n) is 6.51. The monoisotopic (exact) mass is 276 g/mol. The zero-order valence-corrected chi connectivity index (χ0v) is 12.5. The van der Waals surface area contributed by atoms with Gasteiger partial charge in [-0.15, -0.1) is 0 Å². The van der Waals surface area contributed by atoms with Gasteiger partial charge >= 0.3 is 0 Å². The summed E-state index contributed by atoms with van der Waals surface area (Å²) in [5.74, 6) is 6.59. The molecule has 0 aromatic carbocycles. The summed E-state index contributed by atoms with van der Waals surface area (Å²) in [6.45, 7) is 8.48. The largest absolute Gasteiger partial charge is 0.339 e. The van der Waals surface area contributed by atoms with Gasteiger partial charge in [0, 0.05) is 24.8 Å². The number of carbonyl (C=O) groups excluding carboxylic acids is 1. The zero-order chi connectivity index (χ0) is 14.8. The molecule has 0 atom stereocenters. The number of piperidine rings is 1. The highest BCUT2D eigenvalue weighted by Crippen LogP contribution is 2.34. The number of nitrogens with one attached hydrogen (secondary N) is 1. The van der Waals surface area contributed by atoms with Crippen LogP contribution in [0.1, 0.15) is 44.0 Å². The van der Waals surface area contributed by atoms with Crippen LogP contribution in [0.15, 0.2) is 18.3 Å². The fourth-order valence-electron chi connectivity index (χ4n) is 2.77. The number of nitrogens with zero attached hydrogens (tertiary/aromatic N) is 2. The third-order valence-electron chi connectivity index (χ3n) is 4.16. The summed E-state index contributed by atoms with van der Waals surface area (Å²) in [6.07, 6.45) is 3.75. The third kappa shape index (κ3) is 3.28. The molecule has 2 rings (SSSR count). The lowest BCUT2D eigenvalue weighted by atomic mass is 9.75. The Kier molecular flexibility index (Phi) is 4.28. The molecule has 0 radical (unpaired) electrons. The number of aromatic nitrogens is 1. The number of hydrazine groups is 1. The maximum atomic E-state index is 12.5. The van der Waals surface area contributed by atoms with Gasteiger partial charge < -0.3 is 10.3 Å². The van der Waals surface area contributed by atoms with Crippen LogP contribution in [0.5, 0.6) is 0 Å². The molecule has 1 aromatic heterocycles. The smallest absolute Gasteiger partial charge is 0.254 e. The first-order chi connectivity index (χ1) is 9.41. The van der Waals surface area contributed by atoms with Crippen LogP contribution in [0.3, 0.4) is 0 Å². The predicted octanol–water partition coefficient (Wildman–Crippen LogP) is 2.27. The lowest BCUT2D eigenvalue weighted by Crippen LogP contribution is -2.41. The molecule has 110 valence electrons. The lowest BCUT2D eigenvalue weighted by molar-refractivity contribution is 0.0608. The molecule has 3 N–H and O–H groups in total. The highest BCUT2D eigenvalue weighted by molar-refractivity contribution is 5.94. The summed E-state index contributed by atoms with van der Waals surface area (Å²) in [4.78, 5) is 18.4. The molecule has 2 heterocycles. The van der Waals surface area contributed by atoms with Gasteiger partial charge in [0.15, 0.2) is 0 Å². The molecule has 5 nitrogen and oxygen atoms in total. The van der Waals surface area contributed by atoms with Gasteiger partial charge in [-0.05, 0) is 36.3 Å². The highest BCUT2D eigenvalue weighted by atomic mass is 16.2. The number of nitrogen functional groups attached to an aromatic ring is 1. The molecule has 1 aliphatic rings. The van der Waals surface area contributed by atoms with E-state index in [-0.39, 0.29) is 5.91 Å². The summed E-state index contributed by atoms with van der Waals surface area (Å²) in [5, 5.41) is 0. The van der Waals surface area contributed by atoms with Crippen molar-refractivity contribution >= 4 is 11.7 Å². The number of hydrogen-bond acceptors (Lipinski definition) is 4. The van der Waals surface area contributed by atoms with Crippen molar-refractivity contribution in [1.82, 2.24) is 9.88 Å². The summed E-state index contributed by atoms with van der Waals surface area (Å²) in [5.41, 5.74) is 3.43. The number of likely N-dealkylation sites (tertiary alicyclic amines) is 1. The minimum atomic E-state index is 0.0660. The van der Waals surface area contributed by atoms with E-state index in [0.717, 1.165) is 25.9 Å². The van der Waals surface area contributed by atoms with E-state index < -0.39 is 0 Å². The number of nitrogens with two attached hydrogens (primary N) is 1. The standard InChI is InChI=1S/C15H24N4O/c1-15(2,3)12-5-8-19(9-6-12)14(20)11-4-7-17-13(10-11)18-16/h4,7,10,12H,5-6,8-9,16H2,1-3H3,(H,17,18). The number of anilines is 1. The fourth-order valence-corrected chi connectivity index (χ4v) is 2.77. The van der Waals surface area contributed by atoms with Crippen molar-refractivity contribution in [2.75, 3.05) is 18.5 Å². The number of hydrogen-bond donors (Lipinski definition) is 2. The maximum Gasteiger partial charge on any atom is 0.254 e. The van der Waals surface area contributed by atoms with Crippen molar-refractivity contribution < 1.29 is 4.79 Å². The van der Waals surface area contributed by atoms with Gasteiger partial charge in [0.05, 0.1) is 0 Å². The van der Waals surface area contributed by atoms with E-state index in [0.29, 0.717) is 22.7 Å². The first-order valence-electron chi connectivity index (χ1n) is 7.14. The van der Waals surface area contributed by atoms with Crippen LogP contribution < -0.4 is 11.3 Å². The van der Waals surface area contributed by atoms with Crippen LogP contribution in [-0.2, 0) is 0 Å². The highest BCUT2D eigenvalue weighted by Gasteiger charge is 2.30. The van der Waals surface area contributed by atoms with Crippen molar-refractivity contribution in [2.45, 2.75) is 33.6 Å². The zero-order valence-electron chi connectivity index (χ0n) is 12.5. The molecular formula is C15H24N4O. The molecule has 0 unspecified atom stereocenters. The van der Waals surface area contributed by atoms with E-state index in [1.54, 1.807) is 18.3 Å². The Morgan fingerprint density at radius 3 is 2.60 bits per heavy atom. The Morgan fingerprint density at radius 2 is 2.05 bits per heavy atom. The topological polar surface area (TPSA) is 71.2 Å². The van der Waals surface area contributed by atoms with Gasteiger partial charge in [0.2, 0.25) is 0 Å². The van der Waals surface area contributed by atoms with Crippen molar-refractivity contribution in [3.8, 4) is 0 Å². The van der Waals surface area contributed by atoms with Gasteiger partial charge in [-0.1, -0.05) is 20.8 Å². The fraction of sp³-hybridized carbons (Fsp3) is 0.600. The number of amides is 1. The first-order valence-corrected chi connectivity index (χ1v) is 7.14. The minimum Gasteiger partial charge on any atom is -0.339 e. The van der Waals surface area contributed by atoms with E-state index in [1.807, 2.05) is 4.90 Å². The van der Waals surface area contributed by atoms with Crippen molar-refractivity contribution in [3.63, 3.8) is 0 Å². The molecular weight excluding hydrogens is 252 g/mol. The number of rotatable bonds is 2. The molecule has 1 aliphatic heterocycles. The van der Waals surface area contributed by atoms with E-state index in [9.17, 15) is 4.79 Å². The van der Waals surface area contributed by atoms with Crippen molar-refractivity contribution in [3.05, 3.63) is 23.9 Å². The third-order valence-corrected chi connectivity index (χ3v) is 4.16. The van der Waals surface area contributed by atoms with E-state index in [2.05, 4.69) is 31.2 Å². The molecule has 0 saturated carbocycles. The summed E-state index contributed by atoms with van der Waals surface area (Å²) >= 11 is 0. The average Bonchev–Trinajstić information content (AvgIpc) is 2.46. The maximum absolute atomic E-state index is 12.5. The van der Waals surface area contributed by atoms with Crippen LogP contribution >= 0.6 is 0 Å². The second kappa shape index (κ2) is 5.79. The minimum absolute atomic E-state index is 0.0660. The van der Waals surface area contributed by atoms with E-state index >= 15 is 0 Å². The van der Waals surface area contributed by atoms with Gasteiger partial charge in [-0.25, -0.2) is 10.8 Å². The van der Waals surface area contributed by atoms with Gasteiger partial charge in [-0.3, -0.25) is 4.79 Å². The van der Waals surface area contributed by atoms with Crippen LogP contribution in [0.2, 0.25) is 0 Å². The quantitative estimate of drug-likeness (QED) is 0.642. The van der Waals surface area contributed by atoms with Gasteiger partial charge in [0.1, 0.15) is 5.82 Å². The normalized spacial score (nSPS) is 17.1. The summed E-state index contributed by atoms with van der Waals surface area (Å²) in [7, 11) is 0. The Hall–Kier alpha value is -1.62. The van der Waals surface area contributed by atoms with Crippen molar-refractivity contribution in [2.24, 2.45) is 17.2 Å².